The van der Waals surface area contributed by atoms with Gasteiger partial charge in [-0.3, -0.25) is 4.79 Å². The van der Waals surface area contributed by atoms with Crippen LogP contribution in [0.3, 0.4) is 0 Å². The Morgan fingerprint density at radius 3 is 2.69 bits per heavy atom. The van der Waals surface area contributed by atoms with Crippen LogP contribution in [-0.4, -0.2) is 35.0 Å². The molecule has 0 bridgehead atoms. The molecule has 0 amide bonds. The molecule has 0 fully saturated rings. The van der Waals surface area contributed by atoms with Gasteiger partial charge in [0.25, 0.3) is 5.56 Å². The van der Waals surface area contributed by atoms with Gasteiger partial charge in [0.15, 0.2) is 0 Å². The number of fused-ring (bicyclic) bond motifs is 3. The molecule has 0 aliphatic carbocycles. The Bertz CT molecular complexity index is 1190. The molecular formula is C19H16BrN5O. The van der Waals surface area contributed by atoms with Crippen LogP contribution in [0.4, 0.5) is 5.69 Å². The predicted molar refractivity (Wildman–Crippen MR) is 109 cm³/mol. The molecule has 0 aliphatic heterocycles. The quantitative estimate of drug-likeness (QED) is 0.525. The zero-order chi connectivity index (χ0) is 18.3. The summed E-state index contributed by atoms with van der Waals surface area (Å²) < 4.78 is 2.18. The molecule has 130 valence electrons. The van der Waals surface area contributed by atoms with Crippen molar-refractivity contribution in [1.29, 1.82) is 0 Å². The average Bonchev–Trinajstić information content (AvgIpc) is 3.00. The number of nitrogens with zero attached hydrogens (tertiary/aromatic N) is 4. The topological polar surface area (TPSA) is 66.3 Å². The minimum absolute atomic E-state index is 0.233. The highest BCUT2D eigenvalue weighted by molar-refractivity contribution is 9.10. The van der Waals surface area contributed by atoms with Crippen molar-refractivity contribution in [3.63, 3.8) is 0 Å². The van der Waals surface area contributed by atoms with E-state index in [0.717, 1.165) is 26.6 Å². The van der Waals surface area contributed by atoms with Crippen LogP contribution in [0.2, 0.25) is 0 Å². The zero-order valence-corrected chi connectivity index (χ0v) is 15.9. The third-order valence-corrected chi connectivity index (χ3v) is 4.69. The number of halogens is 1. The summed E-state index contributed by atoms with van der Waals surface area (Å²) in [5, 5.41) is 5.17. The number of nitrogens with one attached hydrogen (secondary N) is 1. The van der Waals surface area contributed by atoms with Gasteiger partial charge in [-0.2, -0.15) is 9.78 Å². The van der Waals surface area contributed by atoms with Gasteiger partial charge in [-0.05, 0) is 35.9 Å². The minimum Gasteiger partial charge on any atom is -0.378 e. The van der Waals surface area contributed by atoms with Crippen molar-refractivity contribution in [2.75, 3.05) is 19.0 Å². The van der Waals surface area contributed by atoms with Crippen LogP contribution < -0.4 is 10.5 Å². The summed E-state index contributed by atoms with van der Waals surface area (Å²) in [6.45, 7) is 0. The lowest BCUT2D eigenvalue weighted by Crippen LogP contribution is -2.17. The van der Waals surface area contributed by atoms with Crippen molar-refractivity contribution in [1.82, 2.24) is 14.6 Å². The van der Waals surface area contributed by atoms with Crippen LogP contribution in [0.5, 0.6) is 0 Å². The number of hydrogen-bond donors (Lipinski definition) is 1. The molecule has 0 atom stereocenters. The maximum atomic E-state index is 12.7. The van der Waals surface area contributed by atoms with E-state index < -0.39 is 0 Å². The Morgan fingerprint density at radius 2 is 1.96 bits per heavy atom. The van der Waals surface area contributed by atoms with Crippen LogP contribution in [0.25, 0.3) is 21.9 Å². The smallest absolute Gasteiger partial charge is 0.298 e. The molecule has 2 heterocycles. The number of anilines is 1. The van der Waals surface area contributed by atoms with Gasteiger partial charge >= 0.3 is 0 Å². The first-order valence-electron chi connectivity index (χ1n) is 8.03. The predicted octanol–water partition coefficient (Wildman–Crippen LogP) is 3.59. The van der Waals surface area contributed by atoms with E-state index in [1.165, 1.54) is 11.0 Å². The molecule has 0 saturated carbocycles. The fourth-order valence-electron chi connectivity index (χ4n) is 2.79. The lowest BCUT2D eigenvalue weighted by molar-refractivity contribution is 0.815. The molecule has 0 spiro atoms. The number of aromatic nitrogens is 3. The van der Waals surface area contributed by atoms with Gasteiger partial charge in [-0.25, -0.2) is 4.98 Å². The van der Waals surface area contributed by atoms with E-state index in [0.29, 0.717) is 11.0 Å². The summed E-state index contributed by atoms with van der Waals surface area (Å²) in [5.41, 5.74) is 3.74. The zero-order valence-electron chi connectivity index (χ0n) is 14.3. The molecule has 2 aromatic carbocycles. The van der Waals surface area contributed by atoms with Crippen LogP contribution in [0, 0.1) is 0 Å². The lowest BCUT2D eigenvalue weighted by Gasteiger charge is -2.11. The molecule has 0 radical (unpaired) electrons. The monoisotopic (exact) mass is 409 g/mol. The van der Waals surface area contributed by atoms with Crippen LogP contribution in [-0.2, 0) is 0 Å². The molecule has 2 aromatic heterocycles. The van der Waals surface area contributed by atoms with Gasteiger partial charge in [0.1, 0.15) is 17.4 Å². The van der Waals surface area contributed by atoms with Gasteiger partial charge < -0.3 is 9.88 Å². The number of H-pyrrole nitrogens is 1. The van der Waals surface area contributed by atoms with Gasteiger partial charge in [0, 0.05) is 35.2 Å². The highest BCUT2D eigenvalue weighted by Gasteiger charge is 2.10. The van der Waals surface area contributed by atoms with E-state index in [-0.39, 0.29) is 5.56 Å². The second-order valence-electron chi connectivity index (χ2n) is 6.16. The Kier molecular flexibility index (Phi) is 4.08. The number of hydrogen-bond acceptors (Lipinski definition) is 4. The fourth-order valence-corrected chi connectivity index (χ4v) is 3.15. The maximum Gasteiger partial charge on any atom is 0.298 e. The Morgan fingerprint density at radius 1 is 1.19 bits per heavy atom. The lowest BCUT2D eigenvalue weighted by atomic mass is 10.2. The minimum atomic E-state index is -0.233. The normalized spacial score (nSPS) is 11.7. The summed E-state index contributed by atoms with van der Waals surface area (Å²) in [7, 11) is 3.98. The first kappa shape index (κ1) is 16.5. The van der Waals surface area contributed by atoms with Crippen LogP contribution >= 0.6 is 15.9 Å². The molecule has 4 rings (SSSR count). The van der Waals surface area contributed by atoms with E-state index in [4.69, 9.17) is 0 Å². The second-order valence-corrected chi connectivity index (χ2v) is 7.08. The Labute approximate surface area is 157 Å². The van der Waals surface area contributed by atoms with E-state index in [2.05, 4.69) is 31.0 Å². The van der Waals surface area contributed by atoms with Gasteiger partial charge in [0.2, 0.25) is 0 Å². The number of aromatic amines is 1. The second kappa shape index (κ2) is 6.42. The molecule has 0 aliphatic rings. The summed E-state index contributed by atoms with van der Waals surface area (Å²) in [6, 6.07) is 13.7. The Hall–Kier alpha value is -2.93. The molecular weight excluding hydrogens is 394 g/mol. The largest absolute Gasteiger partial charge is 0.378 e. The number of benzene rings is 2. The highest BCUT2D eigenvalue weighted by atomic mass is 79.9. The Balaban J connectivity index is 1.74. The molecule has 26 heavy (non-hydrogen) atoms. The first-order valence-corrected chi connectivity index (χ1v) is 8.82. The van der Waals surface area contributed by atoms with Gasteiger partial charge in [-0.1, -0.05) is 28.1 Å². The van der Waals surface area contributed by atoms with Crippen molar-refractivity contribution in [3.8, 4) is 0 Å². The van der Waals surface area contributed by atoms with Crippen molar-refractivity contribution < 1.29 is 0 Å². The first-order chi connectivity index (χ1) is 12.5. The fraction of sp³-hybridized carbons (Fsp3) is 0.105. The van der Waals surface area contributed by atoms with Crippen LogP contribution in [0.1, 0.15) is 5.56 Å². The van der Waals surface area contributed by atoms with Gasteiger partial charge in [0.05, 0.1) is 6.21 Å². The summed E-state index contributed by atoms with van der Waals surface area (Å²) in [6.07, 6.45) is 3.09. The van der Waals surface area contributed by atoms with Crippen molar-refractivity contribution in [2.24, 2.45) is 5.10 Å². The van der Waals surface area contributed by atoms with Gasteiger partial charge in [-0.15, -0.1) is 0 Å². The molecule has 0 saturated heterocycles. The van der Waals surface area contributed by atoms with E-state index in [1.54, 1.807) is 6.21 Å². The molecule has 6 nitrogen and oxygen atoms in total. The average molecular weight is 410 g/mol. The van der Waals surface area contributed by atoms with Crippen molar-refractivity contribution in [3.05, 3.63) is 69.2 Å². The van der Waals surface area contributed by atoms with E-state index in [1.807, 2.05) is 61.5 Å². The molecule has 7 heteroatoms. The molecule has 0 unspecified atom stereocenters. The molecule has 4 aromatic rings. The SMILES string of the molecule is CN(C)c1ccc(/C=N/n2cnc3c([nH]c4ccc(Br)cc43)c2=O)cc1. The third-order valence-electron chi connectivity index (χ3n) is 4.19. The van der Waals surface area contributed by atoms with Crippen molar-refractivity contribution >= 4 is 49.8 Å². The summed E-state index contributed by atoms with van der Waals surface area (Å²) in [4.78, 5) is 22.3. The molecule has 1 N–H and O–H groups in total. The summed E-state index contributed by atoms with van der Waals surface area (Å²) in [5.74, 6) is 0. The highest BCUT2D eigenvalue weighted by Crippen LogP contribution is 2.24. The summed E-state index contributed by atoms with van der Waals surface area (Å²) >= 11 is 3.45. The third kappa shape index (κ3) is 2.90. The van der Waals surface area contributed by atoms with E-state index >= 15 is 0 Å². The number of rotatable bonds is 3. The van der Waals surface area contributed by atoms with E-state index in [9.17, 15) is 4.79 Å². The van der Waals surface area contributed by atoms with Crippen LogP contribution in [0.15, 0.2) is 63.2 Å². The van der Waals surface area contributed by atoms with Crippen molar-refractivity contribution in [2.45, 2.75) is 0 Å². The standard InChI is InChI=1S/C19H16BrN5O/c1-24(2)14-6-3-12(4-7-14)10-22-25-11-21-17-15-9-13(20)5-8-16(15)23-18(17)19(25)26/h3-11,23H,1-2H3/b22-10+. The maximum absolute atomic E-state index is 12.7.